The van der Waals surface area contributed by atoms with Gasteiger partial charge in [-0.15, -0.1) is 0 Å². The second-order valence-corrected chi connectivity index (χ2v) is 19.0. The molecule has 340 valence electrons. The van der Waals surface area contributed by atoms with E-state index < -0.39 is 0 Å². The molecule has 0 bridgehead atoms. The summed E-state index contributed by atoms with van der Waals surface area (Å²) in [7, 11) is 3.54. The quantitative estimate of drug-likeness (QED) is 0.0929. The van der Waals surface area contributed by atoms with Crippen molar-refractivity contribution in [3.63, 3.8) is 0 Å². The maximum atomic E-state index is 5.90. The molecule has 0 saturated carbocycles. The Bertz CT molecular complexity index is 2730. The number of ether oxygens (including phenoxy) is 2. The molecule has 0 spiro atoms. The van der Waals surface area contributed by atoms with Crippen molar-refractivity contribution in [1.82, 2.24) is 9.97 Å². The lowest BCUT2D eigenvalue weighted by Gasteiger charge is -2.32. The Morgan fingerprint density at radius 3 is 1.35 bits per heavy atom. The number of benzene rings is 5. The smallest absolute Gasteiger partial charge is 0.128 e. The lowest BCUT2D eigenvalue weighted by molar-refractivity contribution is 0.405. The number of nitrogens with one attached hydrogen (secondary N) is 1. The van der Waals surface area contributed by atoms with E-state index in [4.69, 9.17) is 19.4 Å². The second-order valence-electron chi connectivity index (χ2n) is 18.1. The molecular formula is C60H66BrN3O2. The van der Waals surface area contributed by atoms with Gasteiger partial charge in [-0.1, -0.05) is 174 Å². The number of para-hydroxylation sites is 1. The molecule has 9 rings (SSSR count). The van der Waals surface area contributed by atoms with Crippen LogP contribution in [-0.4, -0.2) is 24.2 Å². The summed E-state index contributed by atoms with van der Waals surface area (Å²) in [4.78, 5) is 10.6. The predicted molar refractivity (Wildman–Crippen MR) is 280 cm³/mol. The summed E-state index contributed by atoms with van der Waals surface area (Å²) in [5.74, 6) is 1.86. The molecule has 0 fully saturated rings. The van der Waals surface area contributed by atoms with Crippen LogP contribution in [0.1, 0.15) is 127 Å². The van der Waals surface area contributed by atoms with Crippen LogP contribution in [0.5, 0.6) is 11.5 Å². The Hall–Kier alpha value is -5.72. The van der Waals surface area contributed by atoms with E-state index in [0.717, 1.165) is 86.9 Å². The van der Waals surface area contributed by atoms with Crippen LogP contribution < -0.4 is 14.8 Å². The third-order valence-corrected chi connectivity index (χ3v) is 14.5. The molecule has 5 nitrogen and oxygen atoms in total. The van der Waals surface area contributed by atoms with Crippen molar-refractivity contribution in [1.29, 1.82) is 0 Å². The zero-order valence-electron chi connectivity index (χ0n) is 39.9. The van der Waals surface area contributed by atoms with Crippen molar-refractivity contribution in [2.45, 2.75) is 116 Å². The van der Waals surface area contributed by atoms with Gasteiger partial charge in [-0.05, 0) is 109 Å². The Kier molecular flexibility index (Phi) is 15.1. The first-order chi connectivity index (χ1) is 32.3. The highest BCUT2D eigenvalue weighted by molar-refractivity contribution is 9.10. The number of pyridine rings is 2. The first kappa shape index (κ1) is 46.8. The van der Waals surface area contributed by atoms with E-state index in [1.165, 1.54) is 84.7 Å². The lowest BCUT2D eigenvalue weighted by atomic mass is 9.71. The molecule has 0 amide bonds. The molecule has 5 aromatic carbocycles. The number of hydrogen-bond acceptors (Lipinski definition) is 5. The van der Waals surface area contributed by atoms with Crippen LogP contribution in [0.4, 0.5) is 11.4 Å². The van der Waals surface area contributed by atoms with Crippen LogP contribution in [0.3, 0.4) is 0 Å². The molecule has 0 aliphatic heterocycles. The van der Waals surface area contributed by atoms with Gasteiger partial charge in [-0.2, -0.15) is 0 Å². The van der Waals surface area contributed by atoms with Crippen LogP contribution in [0.2, 0.25) is 0 Å². The van der Waals surface area contributed by atoms with Gasteiger partial charge in [-0.3, -0.25) is 0 Å². The average molecular weight is 941 g/mol. The van der Waals surface area contributed by atoms with Gasteiger partial charge < -0.3 is 14.8 Å². The van der Waals surface area contributed by atoms with E-state index >= 15 is 0 Å². The van der Waals surface area contributed by atoms with E-state index in [-0.39, 0.29) is 10.8 Å². The number of aromatic nitrogens is 2. The second kappa shape index (κ2) is 21.3. The number of nitrogens with zero attached hydrogens (tertiary/aromatic N) is 2. The Balaban J connectivity index is 0.000000182. The number of anilines is 2. The predicted octanol–water partition coefficient (Wildman–Crippen LogP) is 17.3. The fourth-order valence-corrected chi connectivity index (χ4v) is 11.1. The summed E-state index contributed by atoms with van der Waals surface area (Å²) in [5.41, 5.74) is 16.5. The molecule has 0 atom stereocenters. The third kappa shape index (κ3) is 9.19. The number of hydrogen-bond donors (Lipinski definition) is 1. The number of methoxy groups -OCH3 is 2. The fourth-order valence-electron chi connectivity index (χ4n) is 10.7. The molecule has 7 aromatic rings. The summed E-state index contributed by atoms with van der Waals surface area (Å²) in [6, 6.07) is 49.3. The number of rotatable bonds is 18. The first-order valence-electron chi connectivity index (χ1n) is 24.4. The fraction of sp³-hybridized carbons (Fsp3) is 0.333. The monoisotopic (exact) mass is 939 g/mol. The minimum absolute atomic E-state index is 0.00741. The van der Waals surface area contributed by atoms with Crippen molar-refractivity contribution in [3.05, 3.63) is 166 Å². The first-order valence-corrected chi connectivity index (χ1v) is 25.2. The summed E-state index contributed by atoms with van der Waals surface area (Å²) in [6.45, 7) is 9.14. The average Bonchev–Trinajstić information content (AvgIpc) is 3.80. The topological polar surface area (TPSA) is 56.3 Å². The molecule has 2 aliphatic carbocycles. The van der Waals surface area contributed by atoms with Gasteiger partial charge >= 0.3 is 0 Å². The summed E-state index contributed by atoms with van der Waals surface area (Å²) >= 11 is 3.60. The van der Waals surface area contributed by atoms with E-state index in [0.29, 0.717) is 0 Å². The highest BCUT2D eigenvalue weighted by Crippen LogP contribution is 2.58. The van der Waals surface area contributed by atoms with Crippen molar-refractivity contribution < 1.29 is 9.47 Å². The minimum Gasteiger partial charge on any atom is -0.496 e. The van der Waals surface area contributed by atoms with Gasteiger partial charge in [0.1, 0.15) is 11.5 Å². The molecular weight excluding hydrogens is 875 g/mol. The molecule has 0 saturated heterocycles. The van der Waals surface area contributed by atoms with Crippen molar-refractivity contribution in [2.24, 2.45) is 0 Å². The SMILES string of the molecule is CCCCC1(CCCC)c2ccc(-c3cccc(Br)c3)nc2-c2c(OC)cccc21.CCCCC1(CCCC)c2ccc(-c3cccc(Nc4ccccc4)c3)nc2-c2c(OC)cccc21. The Labute approximate surface area is 402 Å². The zero-order chi connectivity index (χ0) is 46.1. The maximum Gasteiger partial charge on any atom is 0.128 e. The number of unbranched alkanes of at least 4 members (excludes halogenated alkanes) is 4. The van der Waals surface area contributed by atoms with Gasteiger partial charge in [0.25, 0.3) is 0 Å². The summed E-state index contributed by atoms with van der Waals surface area (Å²) in [6.07, 6.45) is 14.2. The Morgan fingerprint density at radius 2 is 0.894 bits per heavy atom. The van der Waals surface area contributed by atoms with Gasteiger partial charge in [0, 0.05) is 48.9 Å². The van der Waals surface area contributed by atoms with E-state index in [1.54, 1.807) is 14.2 Å². The highest BCUT2D eigenvalue weighted by atomic mass is 79.9. The van der Waals surface area contributed by atoms with Crippen molar-refractivity contribution in [3.8, 4) is 56.5 Å². The summed E-state index contributed by atoms with van der Waals surface area (Å²) < 4.78 is 12.8. The van der Waals surface area contributed by atoms with Crippen LogP contribution in [-0.2, 0) is 10.8 Å². The summed E-state index contributed by atoms with van der Waals surface area (Å²) in [5, 5.41) is 3.51. The molecule has 66 heavy (non-hydrogen) atoms. The zero-order valence-corrected chi connectivity index (χ0v) is 41.4. The van der Waals surface area contributed by atoms with Crippen LogP contribution >= 0.6 is 15.9 Å². The van der Waals surface area contributed by atoms with E-state index in [1.807, 2.05) is 18.2 Å². The van der Waals surface area contributed by atoms with Gasteiger partial charge in [0.2, 0.25) is 0 Å². The van der Waals surface area contributed by atoms with E-state index in [2.05, 4.69) is 170 Å². The van der Waals surface area contributed by atoms with Crippen molar-refractivity contribution >= 4 is 27.3 Å². The molecule has 2 aliphatic rings. The van der Waals surface area contributed by atoms with Crippen molar-refractivity contribution in [2.75, 3.05) is 19.5 Å². The Morgan fingerprint density at radius 1 is 0.455 bits per heavy atom. The molecule has 2 heterocycles. The minimum atomic E-state index is 0.00741. The molecule has 0 unspecified atom stereocenters. The lowest BCUT2D eigenvalue weighted by Crippen LogP contribution is -2.25. The molecule has 2 aromatic heterocycles. The molecule has 0 radical (unpaired) electrons. The van der Waals surface area contributed by atoms with E-state index in [9.17, 15) is 0 Å². The maximum absolute atomic E-state index is 5.90. The highest BCUT2D eigenvalue weighted by Gasteiger charge is 2.46. The van der Waals surface area contributed by atoms with Crippen LogP contribution in [0, 0.1) is 0 Å². The number of fused-ring (bicyclic) bond motifs is 6. The molecule has 6 heteroatoms. The third-order valence-electron chi connectivity index (χ3n) is 14.0. The van der Waals surface area contributed by atoms with Gasteiger partial charge in [0.15, 0.2) is 0 Å². The normalized spacial score (nSPS) is 13.4. The van der Waals surface area contributed by atoms with Crippen LogP contribution in [0.15, 0.2) is 144 Å². The molecule has 1 N–H and O–H groups in total. The largest absolute Gasteiger partial charge is 0.496 e. The van der Waals surface area contributed by atoms with Gasteiger partial charge in [0.05, 0.1) is 37.0 Å². The van der Waals surface area contributed by atoms with Gasteiger partial charge in [-0.25, -0.2) is 9.97 Å². The number of halogens is 1. The van der Waals surface area contributed by atoms with Crippen LogP contribution in [0.25, 0.3) is 45.0 Å². The standard InChI is InChI=1S/C33H36N2O.C27H30BrNO/c1-4-6-21-33(22-7-5-2)27-17-12-18-30(36-3)31(27)32-28(33)19-20-29(35-32)24-13-11-16-26(23-24)34-25-14-9-8-10-15-25;1-4-6-16-27(17-7-5-2)21-12-9-13-24(30-3)25(21)26-22(27)14-15-23(29-26)19-10-8-11-20(28)18-19/h8-20,23,34H,4-7,21-22H2,1-3H3;8-15,18H,4-7,16-17H2,1-3H3.